The van der Waals surface area contributed by atoms with E-state index in [9.17, 15) is 0 Å². The van der Waals surface area contributed by atoms with Gasteiger partial charge in [0.25, 0.3) is 0 Å². The molecule has 0 bridgehead atoms. The molecule has 1 aromatic rings. The molecule has 1 rings (SSSR count). The van der Waals surface area contributed by atoms with E-state index in [0.29, 0.717) is 5.92 Å². The van der Waals surface area contributed by atoms with Gasteiger partial charge in [-0.3, -0.25) is 0 Å². The van der Waals surface area contributed by atoms with Gasteiger partial charge in [0.2, 0.25) is 0 Å². The summed E-state index contributed by atoms with van der Waals surface area (Å²) in [6.45, 7) is 8.29. The third-order valence-electron chi connectivity index (χ3n) is 2.77. The van der Waals surface area contributed by atoms with Crippen molar-refractivity contribution in [2.75, 3.05) is 0 Å². The molecular formula is C14H20. The fourth-order valence-corrected chi connectivity index (χ4v) is 1.86. The molecule has 76 valence electrons. The molecule has 0 radical (unpaired) electrons. The molecule has 0 saturated heterocycles. The minimum absolute atomic E-state index is 0.657. The minimum Gasteiger partial charge on any atom is -0.103 e. The molecule has 0 N–H and O–H groups in total. The molecule has 0 heteroatoms. The van der Waals surface area contributed by atoms with E-state index in [1.165, 1.54) is 17.5 Å². The van der Waals surface area contributed by atoms with Crippen molar-refractivity contribution in [2.24, 2.45) is 0 Å². The fraction of sp³-hybridized carbons (Fsp3) is 0.429. The summed E-state index contributed by atoms with van der Waals surface area (Å²) in [7, 11) is 0. The third-order valence-corrected chi connectivity index (χ3v) is 2.77. The van der Waals surface area contributed by atoms with Gasteiger partial charge in [0.15, 0.2) is 0 Å². The van der Waals surface area contributed by atoms with Gasteiger partial charge in [-0.25, -0.2) is 0 Å². The Labute approximate surface area is 87.7 Å². The lowest BCUT2D eigenvalue weighted by Crippen LogP contribution is -1.98. The molecular weight excluding hydrogens is 168 g/mol. The van der Waals surface area contributed by atoms with Crippen molar-refractivity contribution < 1.29 is 0 Å². The zero-order valence-corrected chi connectivity index (χ0v) is 9.29. The highest BCUT2D eigenvalue weighted by molar-refractivity contribution is 5.29. The number of allylic oxidation sites excluding steroid dienone is 1. The average molecular weight is 188 g/mol. The van der Waals surface area contributed by atoms with Gasteiger partial charge in [0, 0.05) is 0 Å². The average Bonchev–Trinajstić information content (AvgIpc) is 2.25. The Hall–Kier alpha value is -1.04. The van der Waals surface area contributed by atoms with Crippen LogP contribution in [0.5, 0.6) is 0 Å². The van der Waals surface area contributed by atoms with Crippen LogP contribution in [0.25, 0.3) is 0 Å². The molecule has 0 heterocycles. The summed E-state index contributed by atoms with van der Waals surface area (Å²) < 4.78 is 0. The summed E-state index contributed by atoms with van der Waals surface area (Å²) in [5.41, 5.74) is 3.00. The molecule has 1 unspecified atom stereocenters. The Balaban J connectivity index is 2.77. The molecule has 0 fully saturated rings. The van der Waals surface area contributed by atoms with Crippen LogP contribution in [0.4, 0.5) is 0 Å². The molecule has 0 aliphatic heterocycles. The summed E-state index contributed by atoms with van der Waals surface area (Å²) in [4.78, 5) is 0. The Kier molecular flexibility index (Phi) is 4.45. The molecule has 0 aromatic heterocycles. The highest BCUT2D eigenvalue weighted by Gasteiger charge is 2.07. The highest BCUT2D eigenvalue weighted by Crippen LogP contribution is 2.24. The Morgan fingerprint density at radius 1 is 1.36 bits per heavy atom. The van der Waals surface area contributed by atoms with Crippen LogP contribution in [0, 0.1) is 0 Å². The van der Waals surface area contributed by atoms with E-state index in [2.05, 4.69) is 44.7 Å². The zero-order valence-electron chi connectivity index (χ0n) is 9.29. The lowest BCUT2D eigenvalue weighted by Gasteiger charge is -2.14. The zero-order chi connectivity index (χ0) is 10.4. The molecule has 0 aliphatic rings. The minimum atomic E-state index is 0.657. The van der Waals surface area contributed by atoms with Crippen LogP contribution in [-0.4, -0.2) is 0 Å². The number of aryl methyl sites for hydroxylation is 1. The first-order valence-electron chi connectivity index (χ1n) is 5.48. The van der Waals surface area contributed by atoms with Gasteiger partial charge in [-0.1, -0.05) is 44.2 Å². The van der Waals surface area contributed by atoms with E-state index in [0.717, 1.165) is 12.8 Å². The van der Waals surface area contributed by atoms with Crippen molar-refractivity contribution in [3.63, 3.8) is 0 Å². The van der Waals surface area contributed by atoms with Gasteiger partial charge in [0.1, 0.15) is 0 Å². The standard InChI is InChI=1S/C14H20/c1-4-6-9-12(3)14-11-8-7-10-13(14)5-2/h4,7-8,10-12H,1,5-6,9H2,2-3H3. The number of hydrogen-bond donors (Lipinski definition) is 0. The largest absolute Gasteiger partial charge is 0.103 e. The summed E-state index contributed by atoms with van der Waals surface area (Å²) in [6, 6.07) is 8.76. The third kappa shape index (κ3) is 2.73. The van der Waals surface area contributed by atoms with Gasteiger partial charge in [0.05, 0.1) is 0 Å². The van der Waals surface area contributed by atoms with E-state index in [1.54, 1.807) is 0 Å². The lowest BCUT2D eigenvalue weighted by molar-refractivity contribution is 0.684. The van der Waals surface area contributed by atoms with Gasteiger partial charge in [-0.15, -0.1) is 6.58 Å². The van der Waals surface area contributed by atoms with Crippen molar-refractivity contribution in [1.29, 1.82) is 0 Å². The first kappa shape index (κ1) is 11.0. The number of benzene rings is 1. The molecule has 0 aliphatic carbocycles. The number of rotatable bonds is 5. The van der Waals surface area contributed by atoms with Gasteiger partial charge < -0.3 is 0 Å². The van der Waals surface area contributed by atoms with E-state index >= 15 is 0 Å². The molecule has 1 aromatic carbocycles. The second kappa shape index (κ2) is 5.64. The van der Waals surface area contributed by atoms with Crippen LogP contribution >= 0.6 is 0 Å². The van der Waals surface area contributed by atoms with E-state index < -0.39 is 0 Å². The van der Waals surface area contributed by atoms with Gasteiger partial charge >= 0.3 is 0 Å². The lowest BCUT2D eigenvalue weighted by atomic mass is 9.91. The second-order valence-electron chi connectivity index (χ2n) is 3.82. The van der Waals surface area contributed by atoms with Crippen LogP contribution in [0.15, 0.2) is 36.9 Å². The smallest absolute Gasteiger partial charge is 0.0185 e. The van der Waals surface area contributed by atoms with Crippen LogP contribution in [-0.2, 0) is 6.42 Å². The SMILES string of the molecule is C=CCCC(C)c1ccccc1CC. The quantitative estimate of drug-likeness (QED) is 0.604. The maximum Gasteiger partial charge on any atom is -0.0185 e. The Morgan fingerprint density at radius 2 is 2.07 bits per heavy atom. The van der Waals surface area contributed by atoms with Crippen molar-refractivity contribution in [3.8, 4) is 0 Å². The monoisotopic (exact) mass is 188 g/mol. The topological polar surface area (TPSA) is 0 Å². The first-order valence-corrected chi connectivity index (χ1v) is 5.48. The van der Waals surface area contributed by atoms with Crippen molar-refractivity contribution in [3.05, 3.63) is 48.0 Å². The maximum absolute atomic E-state index is 3.77. The molecule has 0 amide bonds. The molecule has 14 heavy (non-hydrogen) atoms. The second-order valence-corrected chi connectivity index (χ2v) is 3.82. The van der Waals surface area contributed by atoms with Gasteiger partial charge in [-0.05, 0) is 36.3 Å². The van der Waals surface area contributed by atoms with Crippen molar-refractivity contribution in [2.45, 2.75) is 39.0 Å². The Morgan fingerprint density at radius 3 is 2.71 bits per heavy atom. The molecule has 0 nitrogen and oxygen atoms in total. The molecule has 0 spiro atoms. The van der Waals surface area contributed by atoms with Crippen LogP contribution in [0.3, 0.4) is 0 Å². The van der Waals surface area contributed by atoms with E-state index in [-0.39, 0.29) is 0 Å². The van der Waals surface area contributed by atoms with Crippen LogP contribution < -0.4 is 0 Å². The summed E-state index contributed by atoms with van der Waals surface area (Å²) in [5, 5.41) is 0. The normalized spacial score (nSPS) is 12.4. The summed E-state index contributed by atoms with van der Waals surface area (Å²) in [5.74, 6) is 0.657. The van der Waals surface area contributed by atoms with Crippen LogP contribution in [0.1, 0.15) is 43.7 Å². The maximum atomic E-state index is 3.77. The Bertz CT molecular complexity index is 286. The van der Waals surface area contributed by atoms with Gasteiger partial charge in [-0.2, -0.15) is 0 Å². The molecule has 0 saturated carbocycles. The van der Waals surface area contributed by atoms with E-state index in [1.807, 2.05) is 6.08 Å². The molecule has 1 atom stereocenters. The number of hydrogen-bond acceptors (Lipinski definition) is 0. The van der Waals surface area contributed by atoms with E-state index in [4.69, 9.17) is 0 Å². The summed E-state index contributed by atoms with van der Waals surface area (Å²) in [6.07, 6.45) is 5.46. The van der Waals surface area contributed by atoms with Crippen molar-refractivity contribution in [1.82, 2.24) is 0 Å². The first-order chi connectivity index (χ1) is 6.79. The van der Waals surface area contributed by atoms with Crippen molar-refractivity contribution >= 4 is 0 Å². The fourth-order valence-electron chi connectivity index (χ4n) is 1.86. The predicted octanol–water partition coefficient (Wildman–Crippen LogP) is 4.32. The van der Waals surface area contributed by atoms with Crippen LogP contribution in [0.2, 0.25) is 0 Å². The highest BCUT2D eigenvalue weighted by atomic mass is 14.1. The predicted molar refractivity (Wildman–Crippen MR) is 63.7 cm³/mol. The summed E-state index contributed by atoms with van der Waals surface area (Å²) >= 11 is 0.